The summed E-state index contributed by atoms with van der Waals surface area (Å²) in [5.41, 5.74) is 0. The summed E-state index contributed by atoms with van der Waals surface area (Å²) in [6.45, 7) is -2.07. The summed E-state index contributed by atoms with van der Waals surface area (Å²) in [5.74, 6) is -0.238. The van der Waals surface area contributed by atoms with Gasteiger partial charge in [-0.15, -0.1) is 0 Å². The molecule has 0 aromatic rings. The average Bonchev–Trinajstić information content (AvgIpc) is 3.06. The third kappa shape index (κ3) is 9.94. The zero-order valence-electron chi connectivity index (χ0n) is 25.7. The molecule has 3 aliphatic heterocycles. The predicted molar refractivity (Wildman–Crippen MR) is 149 cm³/mol. The minimum atomic E-state index is -1.91. The second kappa shape index (κ2) is 19.1. The first-order valence-electron chi connectivity index (χ1n) is 15.5. The lowest BCUT2D eigenvalue weighted by atomic mass is 9.96. The minimum Gasteiger partial charge on any atom is -0.469 e. The van der Waals surface area contributed by atoms with Crippen LogP contribution >= 0.6 is 0 Å². The van der Waals surface area contributed by atoms with Crippen molar-refractivity contribution in [2.24, 2.45) is 0 Å². The van der Waals surface area contributed by atoms with E-state index < -0.39 is 112 Å². The molecule has 3 heterocycles. The van der Waals surface area contributed by atoms with Crippen LogP contribution < -0.4 is 0 Å². The molecule has 18 heteroatoms. The molecule has 0 aromatic carbocycles. The SMILES string of the molecule is COC(=O)CCCCCCCCO[C@@H]1O[C@H](CO)[C@@H](O[C@@H]2O[C@H](CO)[C@H](O[C@H]3O[C@H](CO)[C@H](O)[C@H](O)[C@H]3O)[C@H](O)[C@H]2O)[C@H](O)[C@H]1O. The number of ether oxygens (including phenoxy) is 7. The van der Waals surface area contributed by atoms with Crippen molar-refractivity contribution in [2.45, 2.75) is 137 Å². The van der Waals surface area contributed by atoms with Gasteiger partial charge < -0.3 is 84.2 Å². The Morgan fingerprint density at radius 2 is 0.978 bits per heavy atom. The van der Waals surface area contributed by atoms with E-state index in [2.05, 4.69) is 4.74 Å². The van der Waals surface area contributed by atoms with Gasteiger partial charge in [0.05, 0.1) is 26.9 Å². The van der Waals surface area contributed by atoms with Crippen LogP contribution in [0.2, 0.25) is 0 Å². The Morgan fingerprint density at radius 1 is 0.543 bits per heavy atom. The van der Waals surface area contributed by atoms with Crippen molar-refractivity contribution in [1.82, 2.24) is 0 Å². The van der Waals surface area contributed by atoms with Crippen LogP contribution in [-0.2, 0) is 38.0 Å². The summed E-state index contributed by atoms with van der Waals surface area (Å²) >= 11 is 0. The van der Waals surface area contributed by atoms with Crippen LogP contribution in [0.5, 0.6) is 0 Å². The molecule has 0 spiro atoms. The maximum atomic E-state index is 11.1. The molecule has 3 rings (SSSR count). The monoisotopic (exact) mass is 674 g/mol. The van der Waals surface area contributed by atoms with Crippen LogP contribution in [-0.4, -0.2) is 183 Å². The van der Waals surface area contributed by atoms with E-state index in [9.17, 15) is 55.9 Å². The number of carbonyl (C=O) groups excluding carboxylic acids is 1. The van der Waals surface area contributed by atoms with Gasteiger partial charge in [0.2, 0.25) is 0 Å². The van der Waals surface area contributed by atoms with Crippen molar-refractivity contribution in [3.8, 4) is 0 Å². The molecule has 0 radical (unpaired) electrons. The lowest BCUT2D eigenvalue weighted by Gasteiger charge is -2.48. The molecule has 15 atom stereocenters. The van der Waals surface area contributed by atoms with Gasteiger partial charge in [-0.05, 0) is 12.8 Å². The molecule has 0 aliphatic carbocycles. The topological polar surface area (TPSA) is 284 Å². The number of aliphatic hydroxyl groups excluding tert-OH is 10. The van der Waals surface area contributed by atoms with Gasteiger partial charge >= 0.3 is 5.97 Å². The zero-order valence-corrected chi connectivity index (χ0v) is 25.7. The molecule has 0 saturated carbocycles. The molecule has 270 valence electrons. The van der Waals surface area contributed by atoms with E-state index in [1.165, 1.54) is 7.11 Å². The van der Waals surface area contributed by atoms with Crippen molar-refractivity contribution in [1.29, 1.82) is 0 Å². The number of rotatable bonds is 17. The quantitative estimate of drug-likeness (QED) is 0.0513. The molecular formula is C28H50O18. The van der Waals surface area contributed by atoms with Crippen molar-refractivity contribution >= 4 is 5.97 Å². The van der Waals surface area contributed by atoms with E-state index in [1.54, 1.807) is 0 Å². The van der Waals surface area contributed by atoms with Gasteiger partial charge in [-0.1, -0.05) is 25.7 Å². The fraction of sp³-hybridized carbons (Fsp3) is 0.964. The highest BCUT2D eigenvalue weighted by atomic mass is 16.8. The lowest BCUT2D eigenvalue weighted by Crippen LogP contribution is -2.66. The fourth-order valence-corrected chi connectivity index (χ4v) is 5.56. The smallest absolute Gasteiger partial charge is 0.305 e. The van der Waals surface area contributed by atoms with Gasteiger partial charge in [-0.3, -0.25) is 4.79 Å². The molecule has 18 nitrogen and oxygen atoms in total. The van der Waals surface area contributed by atoms with Crippen LogP contribution in [0, 0.1) is 0 Å². The maximum Gasteiger partial charge on any atom is 0.305 e. The Morgan fingerprint density at radius 3 is 1.50 bits per heavy atom. The van der Waals surface area contributed by atoms with Gasteiger partial charge in [-0.25, -0.2) is 0 Å². The van der Waals surface area contributed by atoms with E-state index in [1.807, 2.05) is 0 Å². The predicted octanol–water partition coefficient (Wildman–Crippen LogP) is -4.64. The molecule has 0 unspecified atom stereocenters. The molecule has 0 aromatic heterocycles. The number of esters is 1. The normalized spacial score (nSPS) is 41.8. The molecule has 0 amide bonds. The summed E-state index contributed by atoms with van der Waals surface area (Å²) in [6.07, 6.45) is -19.0. The number of methoxy groups -OCH3 is 1. The third-order valence-electron chi connectivity index (χ3n) is 8.36. The highest BCUT2D eigenvalue weighted by Gasteiger charge is 2.53. The summed E-state index contributed by atoms with van der Waals surface area (Å²) in [4.78, 5) is 11.1. The van der Waals surface area contributed by atoms with Crippen LogP contribution in [0.1, 0.15) is 44.9 Å². The number of aliphatic hydroxyl groups is 10. The van der Waals surface area contributed by atoms with Crippen molar-refractivity contribution in [2.75, 3.05) is 33.5 Å². The second-order valence-electron chi connectivity index (χ2n) is 11.6. The first-order chi connectivity index (χ1) is 22.0. The first-order valence-corrected chi connectivity index (χ1v) is 15.5. The van der Waals surface area contributed by atoms with Crippen molar-refractivity contribution in [3.63, 3.8) is 0 Å². The van der Waals surface area contributed by atoms with Crippen molar-refractivity contribution < 1.29 is 89.0 Å². The average molecular weight is 675 g/mol. The molecule has 10 N–H and O–H groups in total. The van der Waals surface area contributed by atoms with Gasteiger partial charge in [-0.2, -0.15) is 0 Å². The van der Waals surface area contributed by atoms with E-state index in [4.69, 9.17) is 28.4 Å². The van der Waals surface area contributed by atoms with Crippen molar-refractivity contribution in [3.05, 3.63) is 0 Å². The lowest BCUT2D eigenvalue weighted by molar-refractivity contribution is -0.379. The summed E-state index contributed by atoms with van der Waals surface area (Å²) in [7, 11) is 1.35. The highest BCUT2D eigenvalue weighted by Crippen LogP contribution is 2.32. The Balaban J connectivity index is 1.51. The van der Waals surface area contributed by atoms with E-state index in [-0.39, 0.29) is 12.6 Å². The number of unbranched alkanes of at least 4 members (excludes halogenated alkanes) is 5. The van der Waals surface area contributed by atoms with E-state index in [0.717, 1.165) is 32.1 Å². The maximum absolute atomic E-state index is 11.1. The molecule has 3 aliphatic rings. The third-order valence-corrected chi connectivity index (χ3v) is 8.36. The zero-order chi connectivity index (χ0) is 34.0. The van der Waals surface area contributed by atoms with Gasteiger partial charge in [0, 0.05) is 13.0 Å². The number of carbonyl (C=O) groups is 1. The summed E-state index contributed by atoms with van der Waals surface area (Å²) in [6, 6.07) is 0. The molecule has 46 heavy (non-hydrogen) atoms. The van der Waals surface area contributed by atoms with Gasteiger partial charge in [0.25, 0.3) is 0 Å². The Labute approximate surface area is 265 Å². The van der Waals surface area contributed by atoms with Gasteiger partial charge in [0.1, 0.15) is 73.2 Å². The van der Waals surface area contributed by atoms with Crippen LogP contribution in [0.15, 0.2) is 0 Å². The Hall–Kier alpha value is -1.17. The van der Waals surface area contributed by atoms with Crippen LogP contribution in [0.3, 0.4) is 0 Å². The van der Waals surface area contributed by atoms with Crippen LogP contribution in [0.25, 0.3) is 0 Å². The standard InChI is InChI=1S/C28H50O18/c1-40-16(32)8-6-4-2-3-5-7-9-41-26-22(38)19(35)24(14(11-30)43-26)46-28-23(39)20(36)25(15(12-31)44-28)45-27-21(37)18(34)17(33)13(10-29)42-27/h13-15,17-31,33-39H,2-12H2,1H3/t13-,14-,15-,17+,18+,19-,20-,21-,22-,23-,24-,25+,26-,27-,28+/m1/s1. The van der Waals surface area contributed by atoms with Gasteiger partial charge in [0.15, 0.2) is 18.9 Å². The largest absolute Gasteiger partial charge is 0.469 e. The molecular weight excluding hydrogens is 624 g/mol. The van der Waals surface area contributed by atoms with E-state index >= 15 is 0 Å². The number of hydrogen-bond acceptors (Lipinski definition) is 18. The molecule has 3 saturated heterocycles. The Kier molecular flexibility index (Phi) is 16.3. The van der Waals surface area contributed by atoms with Crippen LogP contribution in [0.4, 0.5) is 0 Å². The highest BCUT2D eigenvalue weighted by molar-refractivity contribution is 5.68. The summed E-state index contributed by atoms with van der Waals surface area (Å²) < 4.78 is 37.8. The first kappa shape index (κ1) is 39.3. The number of hydrogen-bond donors (Lipinski definition) is 10. The minimum absolute atomic E-state index is 0.185. The molecule has 3 fully saturated rings. The Bertz CT molecular complexity index is 877. The molecule has 0 bridgehead atoms. The fourth-order valence-electron chi connectivity index (χ4n) is 5.56. The summed E-state index contributed by atoms with van der Waals surface area (Å²) in [5, 5.41) is 103. The second-order valence-corrected chi connectivity index (χ2v) is 11.6. The van der Waals surface area contributed by atoms with E-state index in [0.29, 0.717) is 12.8 Å².